The van der Waals surface area contributed by atoms with Crippen LogP contribution in [0.2, 0.25) is 0 Å². The van der Waals surface area contributed by atoms with E-state index < -0.39 is 12.0 Å². The van der Waals surface area contributed by atoms with Gasteiger partial charge in [0.2, 0.25) is 17.7 Å². The van der Waals surface area contributed by atoms with Gasteiger partial charge in [-0.1, -0.05) is 44.2 Å². The number of carboxylic acid groups (broad SMARTS) is 1. The Kier molecular flexibility index (Phi) is 9.64. The predicted molar refractivity (Wildman–Crippen MR) is 147 cm³/mol. The van der Waals surface area contributed by atoms with Crippen molar-refractivity contribution in [2.45, 2.75) is 64.0 Å². The molecule has 0 aromatic heterocycles. The van der Waals surface area contributed by atoms with Gasteiger partial charge in [0.1, 0.15) is 11.5 Å². The number of fused-ring (bicyclic) bond motifs is 1. The molecule has 3 aliphatic rings. The molecule has 0 unspecified atom stereocenters. The van der Waals surface area contributed by atoms with Crippen molar-refractivity contribution in [2.75, 3.05) is 13.1 Å². The van der Waals surface area contributed by atoms with E-state index in [1.165, 1.54) is 23.6 Å². The van der Waals surface area contributed by atoms with Crippen LogP contribution in [-0.4, -0.2) is 69.9 Å². The summed E-state index contributed by atoms with van der Waals surface area (Å²) in [4.78, 5) is 68.6. The van der Waals surface area contributed by atoms with Gasteiger partial charge >= 0.3 is 5.97 Å². The van der Waals surface area contributed by atoms with Crippen LogP contribution in [0, 0.1) is 17.8 Å². The Bertz CT molecular complexity index is 1190. The number of carbonyl (C=O) groups excluding carboxylic acids is 4. The zero-order valence-corrected chi connectivity index (χ0v) is 23.7. The number of β-lactam (4-membered cyclic amide) rings is 1. The molecule has 3 aliphatic heterocycles. The van der Waals surface area contributed by atoms with E-state index in [4.69, 9.17) is 4.84 Å². The minimum atomic E-state index is -1.14. The first-order chi connectivity index (χ1) is 19.1. The molecule has 1 aromatic rings. The predicted octanol–water partition coefficient (Wildman–Crippen LogP) is 1.59. The van der Waals surface area contributed by atoms with Crippen LogP contribution in [0.4, 0.5) is 0 Å². The lowest BCUT2D eigenvalue weighted by Crippen LogP contribution is -2.62. The van der Waals surface area contributed by atoms with Crippen LogP contribution in [0.25, 0.3) is 0 Å². The van der Waals surface area contributed by atoms with Gasteiger partial charge < -0.3 is 25.4 Å². The zero-order valence-electron chi connectivity index (χ0n) is 22.8. The van der Waals surface area contributed by atoms with Crippen molar-refractivity contribution in [3.8, 4) is 0 Å². The van der Waals surface area contributed by atoms with E-state index >= 15 is 0 Å². The molecule has 0 aliphatic carbocycles. The molecule has 11 nitrogen and oxygen atoms in total. The van der Waals surface area contributed by atoms with Crippen LogP contribution < -0.4 is 16.1 Å². The van der Waals surface area contributed by atoms with E-state index in [1.807, 2.05) is 44.2 Å². The molecule has 4 N–H and O–H groups in total. The number of ketones is 1. The fourth-order valence-corrected chi connectivity index (χ4v) is 7.25. The number of aliphatic carboxylic acids is 1. The molecule has 2 saturated heterocycles. The first-order valence-electron chi connectivity index (χ1n) is 13.5. The van der Waals surface area contributed by atoms with E-state index in [-0.39, 0.29) is 84.2 Å². The van der Waals surface area contributed by atoms with Gasteiger partial charge in [0, 0.05) is 42.0 Å². The summed E-state index contributed by atoms with van der Waals surface area (Å²) in [6, 6.07) is 8.67. The van der Waals surface area contributed by atoms with Crippen LogP contribution in [0.5, 0.6) is 0 Å². The van der Waals surface area contributed by atoms with Crippen LogP contribution in [0.1, 0.15) is 45.6 Å². The summed E-state index contributed by atoms with van der Waals surface area (Å²) in [6.07, 6.45) is 0.825. The lowest BCUT2D eigenvalue weighted by Gasteiger charge is -2.47. The summed E-state index contributed by atoms with van der Waals surface area (Å²) in [5, 5.41) is 15.8. The number of carboxylic acids is 1. The van der Waals surface area contributed by atoms with Crippen molar-refractivity contribution in [3.63, 3.8) is 0 Å². The molecule has 0 spiro atoms. The third-order valence-corrected chi connectivity index (χ3v) is 9.14. The SMILES string of the molecule is CC(=O)C[C@H](C)[C@H]1C(=O)N2C(C(=O)O)=C(S[C@@H]3CN[C@H](C(=O)NCCC(=O)NOCc4ccccc4)C3)[C@H](C)[C@H]12. The lowest BCUT2D eigenvalue weighted by atomic mass is 9.73. The Morgan fingerprint density at radius 3 is 2.62 bits per heavy atom. The van der Waals surface area contributed by atoms with Crippen LogP contribution in [0.3, 0.4) is 0 Å². The van der Waals surface area contributed by atoms with Crippen molar-refractivity contribution < 1.29 is 33.9 Å². The maximum atomic E-state index is 12.9. The van der Waals surface area contributed by atoms with E-state index in [0.717, 1.165) is 5.56 Å². The largest absolute Gasteiger partial charge is 0.477 e. The van der Waals surface area contributed by atoms with E-state index in [2.05, 4.69) is 16.1 Å². The average Bonchev–Trinajstić information content (AvgIpc) is 3.46. The van der Waals surface area contributed by atoms with Crippen LogP contribution >= 0.6 is 11.8 Å². The number of Topliss-reactive ketones (excluding diaryl/α,β-unsaturated/α-hetero) is 1. The molecule has 3 amide bonds. The Morgan fingerprint density at radius 1 is 1.23 bits per heavy atom. The van der Waals surface area contributed by atoms with E-state index in [9.17, 15) is 29.1 Å². The van der Waals surface area contributed by atoms with E-state index in [1.54, 1.807) is 0 Å². The maximum absolute atomic E-state index is 12.9. The van der Waals surface area contributed by atoms with Crippen molar-refractivity contribution in [1.29, 1.82) is 0 Å². The molecule has 216 valence electrons. The van der Waals surface area contributed by atoms with Crippen molar-refractivity contribution in [1.82, 2.24) is 21.0 Å². The molecule has 3 heterocycles. The molecule has 40 heavy (non-hydrogen) atoms. The number of benzene rings is 1. The summed E-state index contributed by atoms with van der Waals surface area (Å²) in [5.41, 5.74) is 3.31. The summed E-state index contributed by atoms with van der Waals surface area (Å²) >= 11 is 1.41. The summed E-state index contributed by atoms with van der Waals surface area (Å²) in [5.74, 6) is -2.68. The molecular formula is C28H36N4O7S. The van der Waals surface area contributed by atoms with Gasteiger partial charge in [0.15, 0.2) is 0 Å². The molecule has 1 aromatic carbocycles. The first kappa shape index (κ1) is 29.8. The zero-order chi connectivity index (χ0) is 29.0. The van der Waals surface area contributed by atoms with Crippen LogP contribution in [0.15, 0.2) is 40.9 Å². The smallest absolute Gasteiger partial charge is 0.353 e. The average molecular weight is 573 g/mol. The molecule has 4 rings (SSSR count). The number of nitrogens with one attached hydrogen (secondary N) is 3. The maximum Gasteiger partial charge on any atom is 0.353 e. The molecule has 0 saturated carbocycles. The second kappa shape index (κ2) is 13.0. The third-order valence-electron chi connectivity index (χ3n) is 7.63. The minimum absolute atomic E-state index is 0.00350. The third kappa shape index (κ3) is 6.56. The Balaban J connectivity index is 1.24. The van der Waals surface area contributed by atoms with Gasteiger partial charge in [0.05, 0.1) is 24.6 Å². The fraction of sp³-hybridized carbons (Fsp3) is 0.536. The molecular weight excluding hydrogens is 536 g/mol. The first-order valence-corrected chi connectivity index (χ1v) is 14.4. The Hall–Kier alpha value is -3.22. The highest BCUT2D eigenvalue weighted by Crippen LogP contribution is 2.53. The van der Waals surface area contributed by atoms with E-state index in [0.29, 0.717) is 17.9 Å². The lowest BCUT2D eigenvalue weighted by molar-refractivity contribution is -0.160. The summed E-state index contributed by atoms with van der Waals surface area (Å²) in [7, 11) is 0. The number of rotatable bonds is 13. The number of carbonyl (C=O) groups is 5. The molecule has 0 bridgehead atoms. The van der Waals surface area contributed by atoms with Gasteiger partial charge in [-0.05, 0) is 24.8 Å². The van der Waals surface area contributed by atoms with Crippen molar-refractivity contribution in [2.24, 2.45) is 17.8 Å². The highest BCUT2D eigenvalue weighted by atomic mass is 32.2. The molecule has 2 fully saturated rings. The highest BCUT2D eigenvalue weighted by molar-refractivity contribution is 8.03. The van der Waals surface area contributed by atoms with Gasteiger partial charge in [-0.3, -0.25) is 19.2 Å². The number of hydrogen-bond acceptors (Lipinski definition) is 8. The minimum Gasteiger partial charge on any atom is -0.477 e. The number of hydroxylamine groups is 1. The molecule has 0 radical (unpaired) electrons. The Labute approximate surface area is 237 Å². The van der Waals surface area contributed by atoms with Crippen molar-refractivity contribution in [3.05, 3.63) is 46.5 Å². The number of amides is 3. The number of nitrogens with zero attached hydrogens (tertiary/aromatic N) is 1. The summed E-state index contributed by atoms with van der Waals surface area (Å²) < 4.78 is 0. The van der Waals surface area contributed by atoms with Gasteiger partial charge in [-0.2, -0.15) is 0 Å². The number of thioether (sulfide) groups is 1. The number of hydrogen-bond donors (Lipinski definition) is 4. The normalized spacial score (nSPS) is 26.2. The van der Waals surface area contributed by atoms with Crippen molar-refractivity contribution >= 4 is 41.2 Å². The van der Waals surface area contributed by atoms with Gasteiger partial charge in [0.25, 0.3) is 0 Å². The van der Waals surface area contributed by atoms with Gasteiger partial charge in [-0.25, -0.2) is 10.3 Å². The second-order valence-corrected chi connectivity index (χ2v) is 12.0. The Morgan fingerprint density at radius 2 is 1.95 bits per heavy atom. The summed E-state index contributed by atoms with van der Waals surface area (Å²) in [6.45, 7) is 6.19. The monoisotopic (exact) mass is 572 g/mol. The van der Waals surface area contributed by atoms with Crippen LogP contribution in [-0.2, 0) is 35.4 Å². The standard InChI is InChI=1S/C28H36N4O7S/c1-15(11-16(2)33)22-23-17(3)25(24(28(37)38)32(23)27(22)36)40-19-12-20(30-13-19)26(35)29-10-9-21(34)31-39-14-18-7-5-4-6-8-18/h4-8,15,17,19-20,22-23,30H,9-14H2,1-3H3,(H,29,35)(H,31,34)(H,37,38)/t15-,17+,19-,20-,22+,23+/m0/s1. The fourth-order valence-electron chi connectivity index (χ4n) is 5.77. The highest BCUT2D eigenvalue weighted by Gasteiger charge is 2.60. The van der Waals surface area contributed by atoms with Gasteiger partial charge in [-0.15, -0.1) is 11.8 Å². The topological polar surface area (TPSA) is 154 Å². The molecule has 12 heteroatoms. The second-order valence-electron chi connectivity index (χ2n) is 10.7. The quantitative estimate of drug-likeness (QED) is 0.204. The molecule has 6 atom stereocenters.